The third kappa shape index (κ3) is 5.18. The van der Waals surface area contributed by atoms with Crippen molar-refractivity contribution in [2.45, 2.75) is 26.2 Å². The Hall–Kier alpha value is -1.26. The fourth-order valence-corrected chi connectivity index (χ4v) is 2.93. The van der Waals surface area contributed by atoms with E-state index in [0.717, 1.165) is 44.6 Å². The van der Waals surface area contributed by atoms with Crippen molar-refractivity contribution in [2.24, 2.45) is 5.92 Å². The molecule has 0 radical (unpaired) electrons. The predicted octanol–water partition coefficient (Wildman–Crippen LogP) is 3.38. The molecule has 0 saturated carbocycles. The lowest BCUT2D eigenvalue weighted by atomic mass is 9.98. The van der Waals surface area contributed by atoms with Crippen molar-refractivity contribution in [3.63, 3.8) is 0 Å². The minimum Gasteiger partial charge on any atom is -0.492 e. The Morgan fingerprint density at radius 3 is 3.00 bits per heavy atom. The summed E-state index contributed by atoms with van der Waals surface area (Å²) in [6.07, 6.45) is 2.90. The van der Waals surface area contributed by atoms with Crippen LogP contribution in [-0.4, -0.2) is 43.7 Å². The van der Waals surface area contributed by atoms with Crippen molar-refractivity contribution in [3.8, 4) is 5.75 Å². The lowest BCUT2D eigenvalue weighted by molar-refractivity contribution is -0.149. The second kappa shape index (κ2) is 9.01. The van der Waals surface area contributed by atoms with Crippen molar-refractivity contribution in [1.29, 1.82) is 0 Å². The lowest BCUT2D eigenvalue weighted by Gasteiger charge is -2.31. The number of carbonyl (C=O) groups is 1. The maximum Gasteiger partial charge on any atom is 0.310 e. The molecule has 22 heavy (non-hydrogen) atoms. The number of rotatable bonds is 7. The first-order valence-electron chi connectivity index (χ1n) is 7.97. The summed E-state index contributed by atoms with van der Waals surface area (Å²) in [6, 6.07) is 7.50. The van der Waals surface area contributed by atoms with Crippen molar-refractivity contribution >= 4 is 17.6 Å². The van der Waals surface area contributed by atoms with Gasteiger partial charge in [0.2, 0.25) is 0 Å². The molecule has 1 heterocycles. The minimum absolute atomic E-state index is 0.0261. The highest BCUT2D eigenvalue weighted by Crippen LogP contribution is 2.23. The zero-order chi connectivity index (χ0) is 15.8. The molecule has 0 N–H and O–H groups in total. The van der Waals surface area contributed by atoms with Crippen LogP contribution in [0.15, 0.2) is 24.3 Å². The molecule has 1 atom stereocenters. The van der Waals surface area contributed by atoms with Gasteiger partial charge >= 0.3 is 5.97 Å². The first-order valence-corrected chi connectivity index (χ1v) is 8.34. The zero-order valence-electron chi connectivity index (χ0n) is 13.1. The molecule has 1 aliphatic rings. The van der Waals surface area contributed by atoms with Gasteiger partial charge in [0, 0.05) is 13.1 Å². The fraction of sp³-hybridized carbons (Fsp3) is 0.588. The van der Waals surface area contributed by atoms with Crippen LogP contribution in [0.4, 0.5) is 0 Å². The first-order chi connectivity index (χ1) is 10.7. The summed E-state index contributed by atoms with van der Waals surface area (Å²) < 4.78 is 10.8. The van der Waals surface area contributed by atoms with E-state index in [2.05, 4.69) is 4.90 Å². The molecule has 1 aliphatic heterocycles. The number of para-hydroxylation sites is 1. The maximum atomic E-state index is 11.8. The van der Waals surface area contributed by atoms with E-state index >= 15 is 0 Å². The van der Waals surface area contributed by atoms with E-state index in [9.17, 15) is 4.79 Å². The van der Waals surface area contributed by atoms with Gasteiger partial charge in [-0.25, -0.2) is 0 Å². The molecule has 0 unspecified atom stereocenters. The van der Waals surface area contributed by atoms with Gasteiger partial charge in [0.25, 0.3) is 0 Å². The normalized spacial score (nSPS) is 18.9. The van der Waals surface area contributed by atoms with Crippen LogP contribution < -0.4 is 4.74 Å². The minimum atomic E-state index is -0.0560. The second-order valence-corrected chi connectivity index (χ2v) is 5.93. The monoisotopic (exact) mass is 325 g/mol. The third-order valence-corrected chi connectivity index (χ3v) is 4.15. The largest absolute Gasteiger partial charge is 0.492 e. The van der Waals surface area contributed by atoms with Gasteiger partial charge in [0.05, 0.1) is 24.2 Å². The topological polar surface area (TPSA) is 38.8 Å². The zero-order valence-corrected chi connectivity index (χ0v) is 13.8. The summed E-state index contributed by atoms with van der Waals surface area (Å²) in [7, 11) is 0. The van der Waals surface area contributed by atoms with E-state index in [-0.39, 0.29) is 11.9 Å². The van der Waals surface area contributed by atoms with E-state index in [1.165, 1.54) is 0 Å². The Labute approximate surface area is 137 Å². The summed E-state index contributed by atoms with van der Waals surface area (Å²) in [5.74, 6) is 0.699. The highest BCUT2D eigenvalue weighted by atomic mass is 35.5. The van der Waals surface area contributed by atoms with Gasteiger partial charge in [-0.3, -0.25) is 4.79 Å². The Balaban J connectivity index is 1.68. The average molecular weight is 326 g/mol. The molecule has 0 bridgehead atoms. The molecule has 122 valence electrons. The van der Waals surface area contributed by atoms with E-state index in [4.69, 9.17) is 21.1 Å². The van der Waals surface area contributed by atoms with Crippen molar-refractivity contribution in [3.05, 3.63) is 29.3 Å². The van der Waals surface area contributed by atoms with Crippen LogP contribution in [0.2, 0.25) is 5.02 Å². The quantitative estimate of drug-likeness (QED) is 0.569. The molecule has 1 fully saturated rings. The van der Waals surface area contributed by atoms with Gasteiger partial charge in [-0.2, -0.15) is 0 Å². The standard InChI is InChI=1S/C17H24ClNO3/c1-2-21-17(20)14-7-5-10-19(13-14)11-6-12-22-16-9-4-3-8-15(16)18/h3-4,8-9,14H,2,5-7,10-13H2,1H3/t14-/m1/s1. The second-order valence-electron chi connectivity index (χ2n) is 5.52. The fourth-order valence-electron chi connectivity index (χ4n) is 2.74. The summed E-state index contributed by atoms with van der Waals surface area (Å²) in [5, 5.41) is 0.642. The molecule has 2 rings (SSSR count). The number of halogens is 1. The number of nitrogens with zero attached hydrogens (tertiary/aromatic N) is 1. The molecule has 1 saturated heterocycles. The van der Waals surface area contributed by atoms with Gasteiger partial charge in [-0.1, -0.05) is 23.7 Å². The van der Waals surface area contributed by atoms with Gasteiger partial charge < -0.3 is 14.4 Å². The molecule has 0 aliphatic carbocycles. The van der Waals surface area contributed by atoms with E-state index < -0.39 is 0 Å². The Bertz CT molecular complexity index is 481. The SMILES string of the molecule is CCOC(=O)[C@@H]1CCCN(CCCOc2ccccc2Cl)C1. The predicted molar refractivity (Wildman–Crippen MR) is 87.4 cm³/mol. The number of esters is 1. The first kappa shape index (κ1) is 17.1. The number of likely N-dealkylation sites (tertiary alicyclic amines) is 1. The van der Waals surface area contributed by atoms with Crippen molar-refractivity contribution in [1.82, 2.24) is 4.90 Å². The molecule has 0 spiro atoms. The number of carbonyl (C=O) groups excluding carboxylic acids is 1. The number of ether oxygens (including phenoxy) is 2. The Morgan fingerprint density at radius 1 is 1.41 bits per heavy atom. The summed E-state index contributed by atoms with van der Waals surface area (Å²) in [5.41, 5.74) is 0. The molecule has 0 amide bonds. The van der Waals surface area contributed by atoms with Crippen LogP contribution in [0, 0.1) is 5.92 Å². The summed E-state index contributed by atoms with van der Waals surface area (Å²) in [4.78, 5) is 14.1. The van der Waals surface area contributed by atoms with Crippen LogP contribution >= 0.6 is 11.6 Å². The van der Waals surface area contributed by atoms with Crippen LogP contribution in [0.3, 0.4) is 0 Å². The van der Waals surface area contributed by atoms with E-state index in [1.807, 2.05) is 31.2 Å². The third-order valence-electron chi connectivity index (χ3n) is 3.84. The van der Waals surface area contributed by atoms with Crippen LogP contribution in [0.5, 0.6) is 5.75 Å². The van der Waals surface area contributed by atoms with E-state index in [1.54, 1.807) is 0 Å². The Kier molecular flexibility index (Phi) is 7.00. The molecular formula is C17H24ClNO3. The smallest absolute Gasteiger partial charge is 0.310 e. The molecule has 5 heteroatoms. The Morgan fingerprint density at radius 2 is 2.23 bits per heavy atom. The van der Waals surface area contributed by atoms with Gasteiger partial charge in [0.15, 0.2) is 0 Å². The maximum absolute atomic E-state index is 11.8. The van der Waals surface area contributed by atoms with Gasteiger partial charge in [0.1, 0.15) is 5.75 Å². The molecule has 4 nitrogen and oxygen atoms in total. The van der Waals surface area contributed by atoms with Gasteiger partial charge in [-0.05, 0) is 44.9 Å². The molecule has 1 aromatic carbocycles. The van der Waals surface area contributed by atoms with Crippen LogP contribution in [0.25, 0.3) is 0 Å². The lowest BCUT2D eigenvalue weighted by Crippen LogP contribution is -2.40. The molecule has 0 aromatic heterocycles. The number of hydrogen-bond acceptors (Lipinski definition) is 4. The van der Waals surface area contributed by atoms with Crippen molar-refractivity contribution in [2.75, 3.05) is 32.8 Å². The number of hydrogen-bond donors (Lipinski definition) is 0. The van der Waals surface area contributed by atoms with Crippen LogP contribution in [-0.2, 0) is 9.53 Å². The molecule has 1 aromatic rings. The average Bonchev–Trinajstić information content (AvgIpc) is 2.54. The number of piperidine rings is 1. The van der Waals surface area contributed by atoms with Crippen molar-refractivity contribution < 1.29 is 14.3 Å². The van der Waals surface area contributed by atoms with Gasteiger partial charge in [-0.15, -0.1) is 0 Å². The number of benzene rings is 1. The summed E-state index contributed by atoms with van der Waals surface area (Å²) in [6.45, 7) is 5.71. The highest BCUT2D eigenvalue weighted by Gasteiger charge is 2.26. The van der Waals surface area contributed by atoms with E-state index in [0.29, 0.717) is 18.2 Å². The summed E-state index contributed by atoms with van der Waals surface area (Å²) >= 11 is 6.05. The molecular weight excluding hydrogens is 302 g/mol. The highest BCUT2D eigenvalue weighted by molar-refractivity contribution is 6.32. The van der Waals surface area contributed by atoms with Crippen LogP contribution in [0.1, 0.15) is 26.2 Å².